The average molecular weight is 192 g/mol. The maximum atomic E-state index is 5.11. The van der Waals surface area contributed by atoms with Crippen LogP contribution < -0.4 is 0 Å². The number of oxime groups is 1. The highest BCUT2D eigenvalue weighted by Crippen LogP contribution is 2.28. The first-order valence-corrected chi connectivity index (χ1v) is 3.82. The SMILES string of the molecule is CC1=NOC(C)(C)C1Br. The summed E-state index contributed by atoms with van der Waals surface area (Å²) in [4.78, 5) is 5.37. The van der Waals surface area contributed by atoms with Crippen LogP contribution in [0.1, 0.15) is 20.8 Å². The van der Waals surface area contributed by atoms with Crippen molar-refractivity contribution in [1.82, 2.24) is 0 Å². The Hall–Kier alpha value is -0.0500. The van der Waals surface area contributed by atoms with Crippen LogP contribution in [-0.4, -0.2) is 16.1 Å². The van der Waals surface area contributed by atoms with Gasteiger partial charge in [-0.3, -0.25) is 0 Å². The summed E-state index contributed by atoms with van der Waals surface area (Å²) in [5, 5.41) is 3.84. The first-order chi connectivity index (χ1) is 4.04. The minimum absolute atomic E-state index is 0.163. The second-order valence-corrected chi connectivity index (χ2v) is 3.71. The summed E-state index contributed by atoms with van der Waals surface area (Å²) < 4.78 is 0. The summed E-state index contributed by atoms with van der Waals surface area (Å²) in [6.45, 7) is 5.97. The fourth-order valence-electron chi connectivity index (χ4n) is 0.785. The van der Waals surface area contributed by atoms with Gasteiger partial charge in [0.25, 0.3) is 0 Å². The van der Waals surface area contributed by atoms with Crippen molar-refractivity contribution < 1.29 is 4.84 Å². The lowest BCUT2D eigenvalue weighted by Gasteiger charge is -2.18. The van der Waals surface area contributed by atoms with Crippen LogP contribution >= 0.6 is 15.9 Å². The van der Waals surface area contributed by atoms with Crippen molar-refractivity contribution in [2.75, 3.05) is 0 Å². The molecule has 0 aliphatic carbocycles. The molecule has 3 heteroatoms. The van der Waals surface area contributed by atoms with E-state index < -0.39 is 0 Å². The zero-order valence-corrected chi connectivity index (χ0v) is 7.40. The van der Waals surface area contributed by atoms with Crippen molar-refractivity contribution in [2.45, 2.75) is 31.2 Å². The van der Waals surface area contributed by atoms with Gasteiger partial charge in [-0.1, -0.05) is 21.1 Å². The molecule has 0 saturated heterocycles. The van der Waals surface area contributed by atoms with Crippen molar-refractivity contribution in [2.24, 2.45) is 5.16 Å². The van der Waals surface area contributed by atoms with Crippen molar-refractivity contribution >= 4 is 21.6 Å². The molecule has 0 spiro atoms. The van der Waals surface area contributed by atoms with Gasteiger partial charge in [-0.2, -0.15) is 0 Å². The molecular formula is C6H10BrNO. The summed E-state index contributed by atoms with van der Waals surface area (Å²) in [5.74, 6) is 0. The molecule has 0 bridgehead atoms. The fraction of sp³-hybridized carbons (Fsp3) is 0.833. The predicted octanol–water partition coefficient (Wildman–Crippen LogP) is 1.93. The lowest BCUT2D eigenvalue weighted by molar-refractivity contribution is 0.0164. The van der Waals surface area contributed by atoms with E-state index in [1.54, 1.807) is 0 Å². The molecule has 0 radical (unpaired) electrons. The number of halogens is 1. The Morgan fingerprint density at radius 1 is 1.67 bits per heavy atom. The zero-order chi connectivity index (χ0) is 7.07. The van der Waals surface area contributed by atoms with Crippen molar-refractivity contribution in [1.29, 1.82) is 0 Å². The number of hydrogen-bond donors (Lipinski definition) is 0. The molecule has 1 atom stereocenters. The third-order valence-corrected chi connectivity index (χ3v) is 3.17. The third kappa shape index (κ3) is 1.11. The van der Waals surface area contributed by atoms with Gasteiger partial charge < -0.3 is 4.84 Å². The highest BCUT2D eigenvalue weighted by atomic mass is 79.9. The van der Waals surface area contributed by atoms with E-state index in [1.165, 1.54) is 0 Å². The fourth-order valence-corrected chi connectivity index (χ4v) is 0.952. The van der Waals surface area contributed by atoms with E-state index in [1.807, 2.05) is 20.8 Å². The summed E-state index contributed by atoms with van der Waals surface area (Å²) in [6, 6.07) is 0. The van der Waals surface area contributed by atoms with Gasteiger partial charge in [0.15, 0.2) is 0 Å². The molecule has 0 aromatic heterocycles. The van der Waals surface area contributed by atoms with Gasteiger partial charge in [0, 0.05) is 0 Å². The van der Waals surface area contributed by atoms with Crippen LogP contribution in [0.25, 0.3) is 0 Å². The van der Waals surface area contributed by atoms with Gasteiger partial charge in [0.2, 0.25) is 0 Å². The Kier molecular flexibility index (Phi) is 1.55. The van der Waals surface area contributed by atoms with Crippen molar-refractivity contribution in [3.63, 3.8) is 0 Å². The molecule has 1 heterocycles. The highest BCUT2D eigenvalue weighted by Gasteiger charge is 2.36. The molecule has 0 aromatic rings. The van der Waals surface area contributed by atoms with Gasteiger partial charge in [0.05, 0.1) is 10.5 Å². The van der Waals surface area contributed by atoms with Gasteiger partial charge >= 0.3 is 0 Å². The molecule has 0 amide bonds. The van der Waals surface area contributed by atoms with E-state index in [2.05, 4.69) is 21.1 Å². The summed E-state index contributed by atoms with van der Waals surface area (Å²) >= 11 is 3.47. The minimum Gasteiger partial charge on any atom is -0.388 e. The van der Waals surface area contributed by atoms with Gasteiger partial charge in [0.1, 0.15) is 5.60 Å². The summed E-state index contributed by atoms with van der Waals surface area (Å²) in [6.07, 6.45) is 0. The van der Waals surface area contributed by atoms with Gasteiger partial charge in [-0.15, -0.1) is 0 Å². The van der Waals surface area contributed by atoms with Crippen LogP contribution in [0.15, 0.2) is 5.16 Å². The lowest BCUT2D eigenvalue weighted by Crippen LogP contribution is -2.31. The molecule has 2 nitrogen and oxygen atoms in total. The molecule has 0 N–H and O–H groups in total. The van der Waals surface area contributed by atoms with Crippen LogP contribution in [0.3, 0.4) is 0 Å². The Bertz CT molecular complexity index is 153. The maximum absolute atomic E-state index is 5.11. The van der Waals surface area contributed by atoms with Gasteiger partial charge in [-0.25, -0.2) is 0 Å². The van der Waals surface area contributed by atoms with Crippen LogP contribution in [-0.2, 0) is 4.84 Å². The Labute approximate surface area is 63.4 Å². The highest BCUT2D eigenvalue weighted by molar-refractivity contribution is 9.10. The zero-order valence-electron chi connectivity index (χ0n) is 5.81. The molecule has 0 saturated carbocycles. The van der Waals surface area contributed by atoms with E-state index in [0.29, 0.717) is 0 Å². The Morgan fingerprint density at radius 3 is 2.33 bits per heavy atom. The van der Waals surface area contributed by atoms with E-state index in [9.17, 15) is 0 Å². The molecule has 9 heavy (non-hydrogen) atoms. The van der Waals surface area contributed by atoms with Crippen LogP contribution in [0.4, 0.5) is 0 Å². The molecular weight excluding hydrogens is 182 g/mol. The third-order valence-electron chi connectivity index (χ3n) is 1.40. The van der Waals surface area contributed by atoms with Crippen LogP contribution in [0.2, 0.25) is 0 Å². The van der Waals surface area contributed by atoms with Crippen LogP contribution in [0, 0.1) is 0 Å². The van der Waals surface area contributed by atoms with E-state index >= 15 is 0 Å². The molecule has 0 fully saturated rings. The quantitative estimate of drug-likeness (QED) is 0.537. The smallest absolute Gasteiger partial charge is 0.149 e. The molecule has 52 valence electrons. The van der Waals surface area contributed by atoms with Crippen LogP contribution in [0.5, 0.6) is 0 Å². The monoisotopic (exact) mass is 191 g/mol. The lowest BCUT2D eigenvalue weighted by atomic mass is 10.0. The number of hydrogen-bond acceptors (Lipinski definition) is 2. The van der Waals surface area contributed by atoms with E-state index in [0.717, 1.165) is 5.71 Å². The Morgan fingerprint density at radius 2 is 2.22 bits per heavy atom. The van der Waals surface area contributed by atoms with Crippen molar-refractivity contribution in [3.8, 4) is 0 Å². The average Bonchev–Trinajstić information content (AvgIpc) is 1.97. The number of rotatable bonds is 0. The summed E-state index contributed by atoms with van der Waals surface area (Å²) in [7, 11) is 0. The predicted molar refractivity (Wildman–Crippen MR) is 41.0 cm³/mol. The van der Waals surface area contributed by atoms with E-state index in [-0.39, 0.29) is 10.4 Å². The molecule has 1 unspecified atom stereocenters. The second-order valence-electron chi connectivity index (χ2n) is 2.79. The maximum Gasteiger partial charge on any atom is 0.149 e. The molecule has 1 aliphatic rings. The topological polar surface area (TPSA) is 21.6 Å². The van der Waals surface area contributed by atoms with E-state index in [4.69, 9.17) is 4.84 Å². The number of alkyl halides is 1. The van der Waals surface area contributed by atoms with Crippen molar-refractivity contribution in [3.05, 3.63) is 0 Å². The first-order valence-electron chi connectivity index (χ1n) is 2.91. The minimum atomic E-state index is -0.163. The standard InChI is InChI=1S/C6H10BrNO/c1-4-5(7)6(2,3)9-8-4/h5H,1-3H3. The molecule has 1 rings (SSSR count). The summed E-state index contributed by atoms with van der Waals surface area (Å²) in [5.41, 5.74) is 0.851. The first kappa shape index (κ1) is 7.06. The van der Waals surface area contributed by atoms with Gasteiger partial charge in [-0.05, 0) is 20.8 Å². The normalized spacial score (nSPS) is 31.6. The number of nitrogens with zero attached hydrogens (tertiary/aromatic N) is 1. The molecule has 1 aliphatic heterocycles. The Balaban J connectivity index is 2.73. The second kappa shape index (κ2) is 1.97. The largest absolute Gasteiger partial charge is 0.388 e. The molecule has 0 aromatic carbocycles.